The molecule has 0 aliphatic carbocycles. The number of nitrogens with zero attached hydrogens (tertiary/aromatic N) is 3. The molecule has 5 rings (SSSR count). The Balaban J connectivity index is 1.32. The topological polar surface area (TPSA) is 58.1 Å². The van der Waals surface area contributed by atoms with E-state index in [1.807, 2.05) is 17.5 Å². The van der Waals surface area contributed by atoms with Gasteiger partial charge in [-0.2, -0.15) is 0 Å². The fraction of sp³-hybridized carbons (Fsp3) is 0.438. The van der Waals surface area contributed by atoms with Crippen molar-refractivity contribution in [2.24, 2.45) is 5.92 Å². The Labute approximate surface area is 143 Å². The van der Waals surface area contributed by atoms with E-state index in [4.69, 9.17) is 0 Å². The Morgan fingerprint density at radius 1 is 1.43 bits per heavy atom. The molecule has 3 fully saturated rings. The predicted molar refractivity (Wildman–Crippen MR) is 93.5 cm³/mol. The van der Waals surface area contributed by atoms with Crippen LogP contribution in [-0.4, -0.2) is 46.5 Å². The van der Waals surface area contributed by atoms with Crippen LogP contribution in [0.1, 0.15) is 12.8 Å². The minimum Gasteiger partial charge on any atom is -0.348 e. The van der Waals surface area contributed by atoms with E-state index >= 15 is 0 Å². The highest BCUT2D eigenvalue weighted by atomic mass is 32.2. The van der Waals surface area contributed by atoms with E-state index in [1.165, 1.54) is 37.7 Å². The summed E-state index contributed by atoms with van der Waals surface area (Å²) in [7, 11) is 0. The first-order valence-electron chi connectivity index (χ1n) is 7.85. The fourth-order valence-electron chi connectivity index (χ4n) is 3.31. The Morgan fingerprint density at radius 2 is 2.30 bits per heavy atom. The number of hydrogen-bond acceptors (Lipinski definition) is 6. The Morgan fingerprint density at radius 3 is 3.04 bits per heavy atom. The zero-order chi connectivity index (χ0) is 15.6. The molecule has 0 unspecified atom stereocenters. The van der Waals surface area contributed by atoms with Gasteiger partial charge in [-0.05, 0) is 49.4 Å². The molecule has 7 heteroatoms. The van der Waals surface area contributed by atoms with E-state index in [-0.39, 0.29) is 5.91 Å². The van der Waals surface area contributed by atoms with Gasteiger partial charge in [0, 0.05) is 24.9 Å². The summed E-state index contributed by atoms with van der Waals surface area (Å²) >= 11 is 3.06. The molecule has 1 amide bonds. The number of aromatic nitrogens is 2. The molecule has 120 valence electrons. The average Bonchev–Trinajstić information content (AvgIpc) is 2.98. The molecule has 2 aromatic heterocycles. The molecule has 3 aliphatic heterocycles. The zero-order valence-corrected chi connectivity index (χ0v) is 14.3. The van der Waals surface area contributed by atoms with Gasteiger partial charge in [-0.15, -0.1) is 11.3 Å². The van der Waals surface area contributed by atoms with Crippen molar-refractivity contribution in [1.82, 2.24) is 20.2 Å². The van der Waals surface area contributed by atoms with Gasteiger partial charge < -0.3 is 10.2 Å². The second kappa shape index (κ2) is 6.59. The summed E-state index contributed by atoms with van der Waals surface area (Å²) < 4.78 is 1.98. The van der Waals surface area contributed by atoms with Crippen LogP contribution in [0.2, 0.25) is 0 Å². The van der Waals surface area contributed by atoms with E-state index in [0.29, 0.717) is 12.0 Å². The van der Waals surface area contributed by atoms with Gasteiger partial charge in [0.15, 0.2) is 9.99 Å². The summed E-state index contributed by atoms with van der Waals surface area (Å²) in [5, 5.41) is 4.97. The zero-order valence-electron chi connectivity index (χ0n) is 12.6. The molecule has 0 saturated carbocycles. The summed E-state index contributed by atoms with van der Waals surface area (Å²) in [5.74, 6) is 0.649. The number of hydrogen-bond donors (Lipinski definition) is 1. The second-order valence-corrected chi connectivity index (χ2v) is 8.16. The molecule has 5 heterocycles. The molecule has 0 spiro atoms. The minimum atomic E-state index is -0.00418. The number of carbonyl (C=O) groups excluding carboxylic acids is 1. The van der Waals surface area contributed by atoms with Crippen LogP contribution in [0, 0.1) is 5.92 Å². The molecule has 3 aliphatic rings. The number of nitrogens with one attached hydrogen (secondary N) is 1. The standard InChI is InChI=1S/C16H18N4OS2/c21-14(18-12-10-20-7-3-11(12)4-8-20)5-9-22-16-19-15-13(23-16)2-1-6-17-15/h1-2,5-6,9,11-12H,3-4,7-8,10H2,(H,18,21)/b9-5+/t12-/m0/s1. The number of piperidine rings is 3. The van der Waals surface area contributed by atoms with E-state index in [0.717, 1.165) is 21.2 Å². The highest BCUT2D eigenvalue weighted by molar-refractivity contribution is 8.03. The van der Waals surface area contributed by atoms with Gasteiger partial charge in [0.2, 0.25) is 5.91 Å². The molecular formula is C16H18N4OS2. The first-order chi connectivity index (χ1) is 11.3. The summed E-state index contributed by atoms with van der Waals surface area (Å²) in [5.41, 5.74) is 0.769. The van der Waals surface area contributed by atoms with Gasteiger partial charge in [0.05, 0.1) is 4.70 Å². The monoisotopic (exact) mass is 346 g/mol. The summed E-state index contributed by atoms with van der Waals surface area (Å²) in [4.78, 5) is 23.2. The summed E-state index contributed by atoms with van der Waals surface area (Å²) in [6.07, 6.45) is 5.78. The Kier molecular flexibility index (Phi) is 4.33. The lowest BCUT2D eigenvalue weighted by Crippen LogP contribution is -2.57. The lowest BCUT2D eigenvalue weighted by Gasteiger charge is -2.44. The largest absolute Gasteiger partial charge is 0.348 e. The van der Waals surface area contributed by atoms with Crippen molar-refractivity contribution in [3.05, 3.63) is 29.8 Å². The predicted octanol–water partition coefficient (Wildman–Crippen LogP) is 2.51. The van der Waals surface area contributed by atoms with Crippen LogP contribution < -0.4 is 5.32 Å². The molecule has 0 radical (unpaired) electrons. The Hall–Kier alpha value is -1.44. The number of rotatable bonds is 4. The number of thiazole rings is 1. The van der Waals surface area contributed by atoms with E-state index in [9.17, 15) is 4.79 Å². The maximum atomic E-state index is 12.1. The molecule has 2 aromatic rings. The van der Waals surface area contributed by atoms with Crippen LogP contribution in [0.15, 0.2) is 34.2 Å². The Bertz CT molecular complexity index is 704. The first kappa shape index (κ1) is 15.1. The third-order valence-corrected chi connectivity index (χ3v) is 6.43. The van der Waals surface area contributed by atoms with Crippen LogP contribution in [0.25, 0.3) is 10.3 Å². The van der Waals surface area contributed by atoms with Gasteiger partial charge in [-0.25, -0.2) is 9.97 Å². The molecule has 3 saturated heterocycles. The molecule has 5 nitrogen and oxygen atoms in total. The first-order valence-corrected chi connectivity index (χ1v) is 9.55. The number of carbonyl (C=O) groups is 1. The third-order valence-electron chi connectivity index (χ3n) is 4.52. The molecule has 1 N–H and O–H groups in total. The van der Waals surface area contributed by atoms with Gasteiger partial charge in [0.1, 0.15) is 0 Å². The number of fused-ring (bicyclic) bond motifs is 4. The van der Waals surface area contributed by atoms with Crippen molar-refractivity contribution in [2.45, 2.75) is 23.2 Å². The van der Waals surface area contributed by atoms with Gasteiger partial charge in [-0.3, -0.25) is 4.79 Å². The maximum Gasteiger partial charge on any atom is 0.244 e. The van der Waals surface area contributed by atoms with Crippen LogP contribution >= 0.6 is 23.1 Å². The lowest BCUT2D eigenvalue weighted by atomic mass is 9.84. The SMILES string of the molecule is O=C(/C=C/Sc1nc2ncccc2s1)N[C@H]1CN2CCC1CC2. The van der Waals surface area contributed by atoms with Crippen molar-refractivity contribution in [2.75, 3.05) is 19.6 Å². The third kappa shape index (κ3) is 3.41. The molecule has 0 aromatic carbocycles. The van der Waals surface area contributed by atoms with Gasteiger partial charge in [-0.1, -0.05) is 11.8 Å². The minimum absolute atomic E-state index is 0.00418. The summed E-state index contributed by atoms with van der Waals surface area (Å²) in [6.45, 7) is 3.38. The average molecular weight is 346 g/mol. The van der Waals surface area contributed by atoms with Crippen LogP contribution in [0.5, 0.6) is 0 Å². The van der Waals surface area contributed by atoms with E-state index in [2.05, 4.69) is 20.2 Å². The number of pyridine rings is 1. The van der Waals surface area contributed by atoms with Crippen molar-refractivity contribution in [3.63, 3.8) is 0 Å². The van der Waals surface area contributed by atoms with Gasteiger partial charge >= 0.3 is 0 Å². The van der Waals surface area contributed by atoms with Crippen molar-refractivity contribution in [3.8, 4) is 0 Å². The smallest absolute Gasteiger partial charge is 0.244 e. The van der Waals surface area contributed by atoms with Crippen LogP contribution in [-0.2, 0) is 4.79 Å². The van der Waals surface area contributed by atoms with Crippen LogP contribution in [0.4, 0.5) is 0 Å². The lowest BCUT2D eigenvalue weighted by molar-refractivity contribution is -0.118. The molecule has 2 bridgehead atoms. The maximum absolute atomic E-state index is 12.1. The molecule has 23 heavy (non-hydrogen) atoms. The van der Waals surface area contributed by atoms with Gasteiger partial charge in [0.25, 0.3) is 0 Å². The van der Waals surface area contributed by atoms with Crippen LogP contribution in [0.3, 0.4) is 0 Å². The van der Waals surface area contributed by atoms with Crippen molar-refractivity contribution < 1.29 is 4.79 Å². The highest BCUT2D eigenvalue weighted by Gasteiger charge is 2.34. The van der Waals surface area contributed by atoms with Crippen molar-refractivity contribution in [1.29, 1.82) is 0 Å². The summed E-state index contributed by atoms with van der Waals surface area (Å²) in [6, 6.07) is 4.23. The van der Waals surface area contributed by atoms with Crippen molar-refractivity contribution >= 4 is 39.4 Å². The normalized spacial score (nSPS) is 26.9. The highest BCUT2D eigenvalue weighted by Crippen LogP contribution is 2.29. The van der Waals surface area contributed by atoms with E-state index < -0.39 is 0 Å². The number of amides is 1. The quantitative estimate of drug-likeness (QED) is 0.681. The molecular weight excluding hydrogens is 328 g/mol. The van der Waals surface area contributed by atoms with E-state index in [1.54, 1.807) is 23.6 Å². The second-order valence-electron chi connectivity index (χ2n) is 5.98. The number of thioether (sulfide) groups is 1. The molecule has 1 atom stereocenters. The fourth-order valence-corrected chi connectivity index (χ4v) is 5.05.